The van der Waals surface area contributed by atoms with Gasteiger partial charge in [0.1, 0.15) is 11.5 Å². The predicted molar refractivity (Wildman–Crippen MR) is 133 cm³/mol. The van der Waals surface area contributed by atoms with Crippen LogP contribution in [0.15, 0.2) is 54.6 Å². The summed E-state index contributed by atoms with van der Waals surface area (Å²) in [4.78, 5) is 18.2. The summed E-state index contributed by atoms with van der Waals surface area (Å²) in [5, 5.41) is 9.22. The SMILES string of the molecule is Cc1ccc(CC(=O)C2(c3ccc4c(c3)OC(F)(F)O4)CC2)nc1-c1cccc(OC[C@H](C)CO)c1.[HH].[HH]. The summed E-state index contributed by atoms with van der Waals surface area (Å²) >= 11 is 0. The number of rotatable bonds is 9. The number of ether oxygens (including phenoxy) is 3. The first-order valence-electron chi connectivity index (χ1n) is 11.9. The number of alkyl halides is 2. The number of ketones is 1. The third-order valence-electron chi connectivity index (χ3n) is 6.69. The Morgan fingerprint density at radius 3 is 2.67 bits per heavy atom. The van der Waals surface area contributed by atoms with Gasteiger partial charge in [-0.15, -0.1) is 8.78 Å². The quantitative estimate of drug-likeness (QED) is 0.406. The molecule has 1 N–H and O–H groups in total. The van der Waals surface area contributed by atoms with Gasteiger partial charge >= 0.3 is 6.29 Å². The molecule has 0 saturated heterocycles. The Hall–Kier alpha value is -3.52. The lowest BCUT2D eigenvalue weighted by atomic mass is 9.88. The zero-order chi connectivity index (χ0) is 25.5. The van der Waals surface area contributed by atoms with Crippen LogP contribution in [0.25, 0.3) is 11.3 Å². The average Bonchev–Trinajstić information content (AvgIpc) is 3.61. The van der Waals surface area contributed by atoms with E-state index >= 15 is 0 Å². The molecule has 1 saturated carbocycles. The molecule has 5 rings (SSSR count). The molecule has 6 nitrogen and oxygen atoms in total. The van der Waals surface area contributed by atoms with Crippen LogP contribution in [0.3, 0.4) is 0 Å². The lowest BCUT2D eigenvalue weighted by Crippen LogP contribution is -2.26. The number of aliphatic hydroxyl groups excluding tert-OH is 1. The van der Waals surface area contributed by atoms with Gasteiger partial charge in [0.25, 0.3) is 0 Å². The first-order chi connectivity index (χ1) is 17.2. The second-order valence-electron chi connectivity index (χ2n) is 9.61. The summed E-state index contributed by atoms with van der Waals surface area (Å²) in [5.74, 6) is 0.613. The summed E-state index contributed by atoms with van der Waals surface area (Å²) in [6, 6.07) is 15.9. The molecule has 2 aromatic carbocycles. The molecular weight excluding hydrogens is 468 g/mol. The monoisotopic (exact) mass is 499 g/mol. The fourth-order valence-electron chi connectivity index (χ4n) is 4.42. The highest BCUT2D eigenvalue weighted by molar-refractivity contribution is 5.94. The molecule has 2 aliphatic rings. The van der Waals surface area contributed by atoms with Crippen molar-refractivity contribution in [2.45, 2.75) is 44.8 Å². The minimum Gasteiger partial charge on any atom is -0.493 e. The zero-order valence-electron chi connectivity index (χ0n) is 20.1. The van der Waals surface area contributed by atoms with Gasteiger partial charge in [-0.05, 0) is 61.2 Å². The molecule has 1 aliphatic carbocycles. The molecule has 3 aromatic rings. The zero-order valence-corrected chi connectivity index (χ0v) is 20.1. The molecule has 0 spiro atoms. The highest BCUT2D eigenvalue weighted by atomic mass is 19.3. The number of hydrogen-bond acceptors (Lipinski definition) is 6. The van der Waals surface area contributed by atoms with E-state index in [9.17, 15) is 18.7 Å². The molecule has 1 atom stereocenters. The van der Waals surface area contributed by atoms with Crippen LogP contribution in [-0.4, -0.2) is 35.4 Å². The van der Waals surface area contributed by atoms with Crippen molar-refractivity contribution in [1.29, 1.82) is 0 Å². The molecular formula is C28H31F2NO5. The van der Waals surface area contributed by atoms with Gasteiger partial charge in [0, 0.05) is 33.1 Å². The molecule has 0 radical (unpaired) electrons. The van der Waals surface area contributed by atoms with Gasteiger partial charge in [-0.25, -0.2) is 0 Å². The second-order valence-corrected chi connectivity index (χ2v) is 9.61. The normalized spacial score (nSPS) is 17.5. The molecule has 36 heavy (non-hydrogen) atoms. The van der Waals surface area contributed by atoms with Crippen molar-refractivity contribution in [3.8, 4) is 28.5 Å². The van der Waals surface area contributed by atoms with Crippen LogP contribution in [0.2, 0.25) is 0 Å². The number of halogens is 2. The van der Waals surface area contributed by atoms with E-state index in [0.29, 0.717) is 36.5 Å². The summed E-state index contributed by atoms with van der Waals surface area (Å²) in [7, 11) is 0. The summed E-state index contributed by atoms with van der Waals surface area (Å²) < 4.78 is 41.7. The molecule has 1 fully saturated rings. The number of aromatic nitrogens is 1. The lowest BCUT2D eigenvalue weighted by molar-refractivity contribution is -0.286. The smallest absolute Gasteiger partial charge is 0.493 e. The van der Waals surface area contributed by atoms with Crippen LogP contribution >= 0.6 is 0 Å². The number of hydrogen-bond donors (Lipinski definition) is 1. The summed E-state index contributed by atoms with van der Waals surface area (Å²) in [6.07, 6.45) is -2.27. The molecule has 1 aliphatic heterocycles. The molecule has 0 bridgehead atoms. The molecule has 192 valence electrons. The van der Waals surface area contributed by atoms with E-state index in [-0.39, 0.29) is 39.1 Å². The number of benzene rings is 2. The Morgan fingerprint density at radius 2 is 1.92 bits per heavy atom. The van der Waals surface area contributed by atoms with E-state index in [1.807, 2.05) is 50.2 Å². The van der Waals surface area contributed by atoms with E-state index in [2.05, 4.69) is 9.47 Å². The van der Waals surface area contributed by atoms with E-state index in [4.69, 9.17) is 9.72 Å². The number of Topliss-reactive ketones (excluding diaryl/α,β-unsaturated/α-hetero) is 1. The van der Waals surface area contributed by atoms with E-state index in [1.165, 1.54) is 12.1 Å². The fraction of sp³-hybridized carbons (Fsp3) is 0.357. The first-order valence-corrected chi connectivity index (χ1v) is 11.9. The number of fused-ring (bicyclic) bond motifs is 1. The second kappa shape index (κ2) is 9.17. The number of carbonyl (C=O) groups is 1. The van der Waals surface area contributed by atoms with Crippen LogP contribution < -0.4 is 14.2 Å². The Kier molecular flexibility index (Phi) is 6.16. The van der Waals surface area contributed by atoms with Gasteiger partial charge in [0.05, 0.1) is 17.7 Å². The van der Waals surface area contributed by atoms with Crippen LogP contribution in [-0.2, 0) is 16.6 Å². The van der Waals surface area contributed by atoms with Crippen molar-refractivity contribution in [1.82, 2.24) is 4.98 Å². The maximum absolute atomic E-state index is 13.4. The van der Waals surface area contributed by atoms with Crippen LogP contribution in [0.5, 0.6) is 17.2 Å². The molecule has 0 unspecified atom stereocenters. The Bertz CT molecular complexity index is 1320. The lowest BCUT2D eigenvalue weighted by Gasteiger charge is -2.16. The minimum atomic E-state index is -3.69. The van der Waals surface area contributed by atoms with Crippen molar-refractivity contribution in [2.75, 3.05) is 13.2 Å². The largest absolute Gasteiger partial charge is 0.586 e. The van der Waals surface area contributed by atoms with Crippen LogP contribution in [0.1, 0.15) is 39.4 Å². The maximum Gasteiger partial charge on any atom is 0.586 e. The molecule has 2 heterocycles. The van der Waals surface area contributed by atoms with Crippen molar-refractivity contribution in [3.05, 3.63) is 71.4 Å². The van der Waals surface area contributed by atoms with Crippen molar-refractivity contribution < 1.29 is 35.7 Å². The minimum absolute atomic E-state index is 0. The number of aliphatic hydroxyl groups is 1. The first kappa shape index (κ1) is 24.2. The third kappa shape index (κ3) is 4.78. The van der Waals surface area contributed by atoms with E-state index < -0.39 is 11.7 Å². The predicted octanol–water partition coefficient (Wildman–Crippen LogP) is 5.72. The highest BCUT2D eigenvalue weighted by Gasteiger charge is 2.52. The van der Waals surface area contributed by atoms with Gasteiger partial charge < -0.3 is 19.3 Å². The molecule has 0 amide bonds. The number of aryl methyl sites for hydroxylation is 1. The summed E-state index contributed by atoms with van der Waals surface area (Å²) in [5.41, 5.74) is 3.16. The van der Waals surface area contributed by atoms with Crippen LogP contribution in [0.4, 0.5) is 8.78 Å². The standard InChI is InChI=1S/C28H27F2NO5.2H2/c1-17(15-32)16-34-22-5-3-4-19(12-22)26-18(2)6-8-21(31-26)14-25(33)27(10-11-27)20-7-9-23-24(13-20)36-28(29,30)35-23;;/h3-9,12-13,17,32H,10-11,14-16H2,1-2H3;2*1H/t17-;;/m1../s1. The van der Waals surface area contributed by atoms with Crippen molar-refractivity contribution >= 4 is 5.78 Å². The van der Waals surface area contributed by atoms with E-state index in [1.54, 1.807) is 6.07 Å². The van der Waals surface area contributed by atoms with E-state index in [0.717, 1.165) is 16.8 Å². The molecule has 8 heteroatoms. The molecule has 1 aromatic heterocycles. The van der Waals surface area contributed by atoms with Crippen molar-refractivity contribution in [3.63, 3.8) is 0 Å². The number of pyridine rings is 1. The highest BCUT2D eigenvalue weighted by Crippen LogP contribution is 2.52. The van der Waals surface area contributed by atoms with Crippen molar-refractivity contribution in [2.24, 2.45) is 5.92 Å². The fourth-order valence-corrected chi connectivity index (χ4v) is 4.42. The third-order valence-corrected chi connectivity index (χ3v) is 6.69. The van der Waals surface area contributed by atoms with Gasteiger partial charge in [-0.3, -0.25) is 9.78 Å². The Labute approximate surface area is 210 Å². The topological polar surface area (TPSA) is 77.9 Å². The average molecular weight is 500 g/mol. The number of carbonyl (C=O) groups excluding carboxylic acids is 1. The van der Waals surface area contributed by atoms with Gasteiger partial charge in [0.2, 0.25) is 0 Å². The van der Waals surface area contributed by atoms with Crippen LogP contribution in [0, 0.1) is 12.8 Å². The summed E-state index contributed by atoms with van der Waals surface area (Å²) in [6.45, 7) is 4.32. The Morgan fingerprint density at radius 1 is 1.14 bits per heavy atom. The van der Waals surface area contributed by atoms with Gasteiger partial charge in [-0.1, -0.05) is 31.2 Å². The van der Waals surface area contributed by atoms with Gasteiger partial charge in [0.15, 0.2) is 11.5 Å². The number of nitrogens with zero attached hydrogens (tertiary/aromatic N) is 1. The maximum atomic E-state index is 13.4. The Balaban J connectivity index is 0.00000200. The van der Waals surface area contributed by atoms with Gasteiger partial charge in [-0.2, -0.15) is 0 Å².